The molecule has 0 bridgehead atoms. The summed E-state index contributed by atoms with van der Waals surface area (Å²) in [5.41, 5.74) is 4.72. The second-order valence-electron chi connectivity index (χ2n) is 3.73. The lowest BCUT2D eigenvalue weighted by Crippen LogP contribution is -2.49. The molecule has 0 fully saturated rings. The number of halogens is 2. The Bertz CT molecular complexity index is 551. The third-order valence-electron chi connectivity index (χ3n) is 2.28. The molecule has 0 amide bonds. The molecule has 0 aliphatic heterocycles. The number of hydrogen-bond acceptors (Lipinski definition) is 4. The monoisotopic (exact) mass is 301 g/mol. The normalized spacial score (nSPS) is 11.6. The molecule has 4 N–H and O–H groups in total. The number of carbonyl (C=O) groups is 2. The summed E-state index contributed by atoms with van der Waals surface area (Å²) in [6.07, 6.45) is 0. The highest BCUT2D eigenvalue weighted by molar-refractivity contribution is 6.31. The molecular formula is C12H13ClFN3O3. The first kappa shape index (κ1) is 15.9. The van der Waals surface area contributed by atoms with Crippen molar-refractivity contribution in [2.75, 3.05) is 6.61 Å². The fraction of sp³-hybridized carbons (Fsp3) is 0.250. The molecule has 0 aromatic heterocycles. The zero-order valence-electron chi connectivity index (χ0n) is 10.6. The smallest absolute Gasteiger partial charge is 0.336 e. The van der Waals surface area contributed by atoms with Crippen molar-refractivity contribution >= 4 is 29.3 Å². The zero-order chi connectivity index (χ0) is 15.3. The van der Waals surface area contributed by atoms with E-state index in [1.54, 1.807) is 6.92 Å². The summed E-state index contributed by atoms with van der Waals surface area (Å²) in [7, 11) is 0. The number of carbonyl (C=O) groups excluding carboxylic acids is 2. The Morgan fingerprint density at radius 2 is 2.20 bits per heavy atom. The summed E-state index contributed by atoms with van der Waals surface area (Å²) < 4.78 is 18.3. The molecule has 1 rings (SSSR count). The number of nitrogens with one attached hydrogen (secondary N) is 2. The molecule has 8 heteroatoms. The Balaban J connectivity index is 3.12. The molecule has 20 heavy (non-hydrogen) atoms. The fourth-order valence-electron chi connectivity index (χ4n) is 1.45. The van der Waals surface area contributed by atoms with Gasteiger partial charge in [-0.25, -0.2) is 9.18 Å². The topological polar surface area (TPSA) is 105 Å². The van der Waals surface area contributed by atoms with Crippen LogP contribution >= 0.6 is 11.6 Å². The van der Waals surface area contributed by atoms with Crippen molar-refractivity contribution in [3.8, 4) is 0 Å². The zero-order valence-corrected chi connectivity index (χ0v) is 11.3. The van der Waals surface area contributed by atoms with Gasteiger partial charge in [0.15, 0.2) is 17.8 Å². The Kier molecular flexibility index (Phi) is 5.45. The van der Waals surface area contributed by atoms with Gasteiger partial charge in [-0.1, -0.05) is 11.6 Å². The van der Waals surface area contributed by atoms with Crippen LogP contribution in [0.2, 0.25) is 5.02 Å². The third kappa shape index (κ3) is 3.92. The number of hydrogen-bond donors (Lipinski definition) is 3. The lowest BCUT2D eigenvalue weighted by atomic mass is 10.0. The highest BCUT2D eigenvalue weighted by Crippen LogP contribution is 2.17. The number of ketones is 1. The Labute approximate surface area is 119 Å². The van der Waals surface area contributed by atoms with Crippen molar-refractivity contribution in [1.82, 2.24) is 5.32 Å². The van der Waals surface area contributed by atoms with E-state index in [0.29, 0.717) is 0 Å². The Morgan fingerprint density at radius 3 is 2.75 bits per heavy atom. The van der Waals surface area contributed by atoms with Crippen molar-refractivity contribution in [3.05, 3.63) is 34.6 Å². The van der Waals surface area contributed by atoms with Crippen molar-refractivity contribution in [3.63, 3.8) is 0 Å². The van der Waals surface area contributed by atoms with E-state index in [1.807, 2.05) is 0 Å². The van der Waals surface area contributed by atoms with Gasteiger partial charge in [-0.15, -0.1) is 0 Å². The van der Waals surface area contributed by atoms with Crippen LogP contribution in [-0.2, 0) is 9.53 Å². The molecule has 0 radical (unpaired) electrons. The van der Waals surface area contributed by atoms with Crippen LogP contribution in [0.1, 0.15) is 17.3 Å². The predicted molar refractivity (Wildman–Crippen MR) is 71.2 cm³/mol. The van der Waals surface area contributed by atoms with Gasteiger partial charge in [-0.2, -0.15) is 0 Å². The van der Waals surface area contributed by atoms with E-state index >= 15 is 0 Å². The van der Waals surface area contributed by atoms with E-state index in [0.717, 1.165) is 12.1 Å². The molecule has 0 heterocycles. The molecule has 1 atom stereocenters. The van der Waals surface area contributed by atoms with E-state index in [1.165, 1.54) is 6.07 Å². The first-order chi connectivity index (χ1) is 9.36. The van der Waals surface area contributed by atoms with Gasteiger partial charge in [-0.05, 0) is 25.1 Å². The summed E-state index contributed by atoms with van der Waals surface area (Å²) in [6.45, 7) is 1.58. The number of Topliss-reactive ketones (excluding diaryl/α,β-unsaturated/α-hetero) is 1. The molecule has 6 nitrogen and oxygen atoms in total. The lowest BCUT2D eigenvalue weighted by molar-refractivity contribution is -0.143. The van der Waals surface area contributed by atoms with Crippen LogP contribution in [0.15, 0.2) is 18.2 Å². The van der Waals surface area contributed by atoms with Crippen LogP contribution in [0.5, 0.6) is 0 Å². The second-order valence-corrected chi connectivity index (χ2v) is 4.17. The van der Waals surface area contributed by atoms with E-state index in [-0.39, 0.29) is 17.2 Å². The van der Waals surface area contributed by atoms with E-state index in [9.17, 15) is 14.0 Å². The predicted octanol–water partition coefficient (Wildman–Crippen LogP) is 1.08. The maximum absolute atomic E-state index is 13.6. The molecule has 1 aromatic rings. The maximum atomic E-state index is 13.6. The van der Waals surface area contributed by atoms with Crippen LogP contribution in [0, 0.1) is 11.2 Å². The van der Waals surface area contributed by atoms with Gasteiger partial charge in [-0.3, -0.25) is 10.2 Å². The van der Waals surface area contributed by atoms with E-state index in [4.69, 9.17) is 22.7 Å². The van der Waals surface area contributed by atoms with Crippen LogP contribution in [0.3, 0.4) is 0 Å². The molecule has 0 aliphatic carbocycles. The number of guanidine groups is 1. The molecule has 108 valence electrons. The highest BCUT2D eigenvalue weighted by atomic mass is 35.5. The fourth-order valence-corrected chi connectivity index (χ4v) is 1.63. The minimum absolute atomic E-state index is 0.0280. The number of esters is 1. The lowest BCUT2D eigenvalue weighted by Gasteiger charge is -2.16. The van der Waals surface area contributed by atoms with Gasteiger partial charge < -0.3 is 15.8 Å². The van der Waals surface area contributed by atoms with E-state index < -0.39 is 29.6 Å². The molecule has 0 saturated heterocycles. The summed E-state index contributed by atoms with van der Waals surface area (Å²) in [6, 6.07) is 1.77. The maximum Gasteiger partial charge on any atom is 0.336 e. The second kappa shape index (κ2) is 6.85. The summed E-state index contributed by atoms with van der Waals surface area (Å²) >= 11 is 5.69. The summed E-state index contributed by atoms with van der Waals surface area (Å²) in [5, 5.41) is 9.36. The van der Waals surface area contributed by atoms with Gasteiger partial charge in [0.2, 0.25) is 0 Å². The molecule has 0 saturated carbocycles. The first-order valence-corrected chi connectivity index (χ1v) is 6.01. The van der Waals surface area contributed by atoms with Gasteiger partial charge in [0, 0.05) is 5.02 Å². The van der Waals surface area contributed by atoms with E-state index in [2.05, 4.69) is 10.1 Å². The minimum Gasteiger partial charge on any atom is -0.464 e. The molecule has 1 unspecified atom stereocenters. The number of rotatable bonds is 5. The molecule has 0 aliphatic rings. The molecule has 1 aromatic carbocycles. The minimum atomic E-state index is -1.60. The van der Waals surface area contributed by atoms with Crippen molar-refractivity contribution in [2.24, 2.45) is 5.73 Å². The van der Waals surface area contributed by atoms with Crippen molar-refractivity contribution in [1.29, 1.82) is 5.41 Å². The van der Waals surface area contributed by atoms with Crippen molar-refractivity contribution < 1.29 is 18.7 Å². The van der Waals surface area contributed by atoms with Crippen LogP contribution in [0.4, 0.5) is 4.39 Å². The van der Waals surface area contributed by atoms with Crippen LogP contribution < -0.4 is 11.1 Å². The Morgan fingerprint density at radius 1 is 1.55 bits per heavy atom. The Hall–Kier alpha value is -2.15. The van der Waals surface area contributed by atoms with Crippen molar-refractivity contribution in [2.45, 2.75) is 13.0 Å². The number of nitrogens with two attached hydrogens (primary N) is 1. The standard InChI is InChI=1S/C12H13ClFN3O3/c1-2-20-11(19)9(17-12(15)16)10(18)7-5-6(13)3-4-8(7)14/h3-5,9H,2H2,1H3,(H4,15,16,17). The van der Waals surface area contributed by atoms with Crippen LogP contribution in [0.25, 0.3) is 0 Å². The largest absolute Gasteiger partial charge is 0.464 e. The number of benzene rings is 1. The summed E-state index contributed by atoms with van der Waals surface area (Å²) in [4.78, 5) is 23.8. The van der Waals surface area contributed by atoms with Crippen LogP contribution in [-0.4, -0.2) is 30.4 Å². The highest BCUT2D eigenvalue weighted by Gasteiger charge is 2.31. The van der Waals surface area contributed by atoms with Gasteiger partial charge in [0.25, 0.3) is 0 Å². The first-order valence-electron chi connectivity index (χ1n) is 5.63. The SMILES string of the molecule is CCOC(=O)C(NC(=N)N)C(=O)c1cc(Cl)ccc1F. The number of ether oxygens (including phenoxy) is 1. The average molecular weight is 302 g/mol. The third-order valence-corrected chi connectivity index (χ3v) is 2.51. The molecular weight excluding hydrogens is 289 g/mol. The van der Waals surface area contributed by atoms with Gasteiger partial charge in [0.1, 0.15) is 5.82 Å². The van der Waals surface area contributed by atoms with Gasteiger partial charge in [0.05, 0.1) is 12.2 Å². The average Bonchev–Trinajstić information content (AvgIpc) is 2.38. The van der Waals surface area contributed by atoms with Gasteiger partial charge >= 0.3 is 5.97 Å². The quantitative estimate of drug-likeness (QED) is 0.248. The summed E-state index contributed by atoms with van der Waals surface area (Å²) in [5.74, 6) is -3.32. The molecule has 0 spiro atoms.